The highest BCUT2D eigenvalue weighted by Crippen LogP contribution is 2.21. The van der Waals surface area contributed by atoms with Gasteiger partial charge in [-0.1, -0.05) is 11.6 Å². The Kier molecular flexibility index (Phi) is 3.82. The molecule has 1 aliphatic rings. The van der Waals surface area contributed by atoms with Gasteiger partial charge in [0.1, 0.15) is 5.69 Å². The highest BCUT2D eigenvalue weighted by atomic mass is 35.5. The van der Waals surface area contributed by atoms with Crippen LogP contribution in [0.1, 0.15) is 10.5 Å². The molecule has 0 unspecified atom stereocenters. The molecule has 1 aromatic carbocycles. The number of rotatable bonds is 2. The minimum absolute atomic E-state index is 0.0101. The van der Waals surface area contributed by atoms with E-state index in [1.807, 2.05) is 29.2 Å². The van der Waals surface area contributed by atoms with Gasteiger partial charge in [0.15, 0.2) is 0 Å². The van der Waals surface area contributed by atoms with Crippen molar-refractivity contribution >= 4 is 34.4 Å². The van der Waals surface area contributed by atoms with Gasteiger partial charge in [0.05, 0.1) is 0 Å². The molecule has 4 rings (SSSR count). The molecule has 6 nitrogen and oxygen atoms in total. The molecule has 1 N–H and O–H groups in total. The van der Waals surface area contributed by atoms with Crippen LogP contribution in [0.25, 0.3) is 10.9 Å². The Morgan fingerprint density at radius 3 is 2.58 bits per heavy atom. The smallest absolute Gasteiger partial charge is 0.270 e. The molecule has 1 fully saturated rings. The van der Waals surface area contributed by atoms with Crippen LogP contribution in [0.2, 0.25) is 5.02 Å². The number of nitrogens with one attached hydrogen (secondary N) is 1. The van der Waals surface area contributed by atoms with E-state index in [0.29, 0.717) is 29.8 Å². The van der Waals surface area contributed by atoms with Crippen LogP contribution in [-0.2, 0) is 0 Å². The molecule has 0 spiro atoms. The third-order valence-corrected chi connectivity index (χ3v) is 4.45. The van der Waals surface area contributed by atoms with Crippen molar-refractivity contribution in [3.05, 3.63) is 53.4 Å². The lowest BCUT2D eigenvalue weighted by atomic mass is 10.2. The normalized spacial score (nSPS) is 15.0. The van der Waals surface area contributed by atoms with Gasteiger partial charge in [0.2, 0.25) is 5.95 Å². The van der Waals surface area contributed by atoms with Crippen molar-refractivity contribution in [1.29, 1.82) is 0 Å². The minimum atomic E-state index is 0.0101. The first-order chi connectivity index (χ1) is 11.7. The number of benzene rings is 1. The Bertz CT molecular complexity index is 871. The molecule has 0 atom stereocenters. The van der Waals surface area contributed by atoms with Crippen LogP contribution in [-0.4, -0.2) is 51.9 Å². The van der Waals surface area contributed by atoms with Crippen LogP contribution in [0.3, 0.4) is 0 Å². The Morgan fingerprint density at radius 2 is 1.83 bits per heavy atom. The summed E-state index contributed by atoms with van der Waals surface area (Å²) < 4.78 is 0. The van der Waals surface area contributed by atoms with Crippen molar-refractivity contribution in [2.75, 3.05) is 31.1 Å². The van der Waals surface area contributed by atoms with Gasteiger partial charge in [-0.15, -0.1) is 0 Å². The van der Waals surface area contributed by atoms with E-state index in [0.717, 1.165) is 24.0 Å². The van der Waals surface area contributed by atoms with Crippen molar-refractivity contribution < 1.29 is 4.79 Å². The predicted octanol–water partition coefficient (Wildman–Crippen LogP) is 2.57. The van der Waals surface area contributed by atoms with Gasteiger partial charge >= 0.3 is 0 Å². The molecule has 2 aromatic heterocycles. The quantitative estimate of drug-likeness (QED) is 0.778. The molecule has 0 bridgehead atoms. The average Bonchev–Trinajstić information content (AvgIpc) is 3.05. The van der Waals surface area contributed by atoms with Crippen molar-refractivity contribution in [3.63, 3.8) is 0 Å². The molecular weight excluding hydrogens is 326 g/mol. The van der Waals surface area contributed by atoms with E-state index in [9.17, 15) is 4.79 Å². The molecule has 3 heterocycles. The largest absolute Gasteiger partial charge is 0.351 e. The number of nitrogens with zero attached hydrogens (tertiary/aromatic N) is 4. The van der Waals surface area contributed by atoms with E-state index in [1.165, 1.54) is 0 Å². The second-order valence-electron chi connectivity index (χ2n) is 5.74. The van der Waals surface area contributed by atoms with Gasteiger partial charge in [-0.3, -0.25) is 4.79 Å². The first kappa shape index (κ1) is 15.0. The Labute approximate surface area is 144 Å². The zero-order valence-corrected chi connectivity index (χ0v) is 13.7. The number of carbonyl (C=O) groups excluding carboxylic acids is 1. The lowest BCUT2D eigenvalue weighted by Gasteiger charge is -2.34. The van der Waals surface area contributed by atoms with Crippen LogP contribution in [0, 0.1) is 0 Å². The fourth-order valence-corrected chi connectivity index (χ4v) is 3.13. The summed E-state index contributed by atoms with van der Waals surface area (Å²) in [6, 6.07) is 9.21. The highest BCUT2D eigenvalue weighted by molar-refractivity contribution is 6.31. The Hall–Kier alpha value is -2.60. The zero-order valence-electron chi connectivity index (χ0n) is 12.9. The molecule has 1 amide bonds. The number of amides is 1. The third kappa shape index (κ3) is 2.80. The minimum Gasteiger partial charge on any atom is -0.351 e. The number of aromatic nitrogens is 3. The van der Waals surface area contributed by atoms with Crippen molar-refractivity contribution in [2.24, 2.45) is 0 Å². The molecule has 1 aliphatic heterocycles. The maximum Gasteiger partial charge on any atom is 0.270 e. The lowest BCUT2D eigenvalue weighted by Crippen LogP contribution is -2.49. The van der Waals surface area contributed by atoms with E-state index in [4.69, 9.17) is 11.6 Å². The molecule has 7 heteroatoms. The van der Waals surface area contributed by atoms with Gasteiger partial charge in [-0.05, 0) is 30.3 Å². The van der Waals surface area contributed by atoms with Crippen LogP contribution in [0.15, 0.2) is 42.7 Å². The molecular formula is C17H16ClN5O. The number of piperazine rings is 1. The second-order valence-corrected chi connectivity index (χ2v) is 6.18. The van der Waals surface area contributed by atoms with Gasteiger partial charge in [-0.25, -0.2) is 9.97 Å². The van der Waals surface area contributed by atoms with E-state index >= 15 is 0 Å². The summed E-state index contributed by atoms with van der Waals surface area (Å²) in [6.07, 6.45) is 3.46. The first-order valence-corrected chi connectivity index (χ1v) is 8.18. The van der Waals surface area contributed by atoms with Gasteiger partial charge in [0.25, 0.3) is 5.91 Å². The highest BCUT2D eigenvalue weighted by Gasteiger charge is 2.24. The lowest BCUT2D eigenvalue weighted by molar-refractivity contribution is 0.0741. The SMILES string of the molecule is O=C(c1cc2cc(Cl)ccc2[nH]1)N1CCN(c2ncccn2)CC1. The molecule has 24 heavy (non-hydrogen) atoms. The number of aromatic amines is 1. The summed E-state index contributed by atoms with van der Waals surface area (Å²) in [5.74, 6) is 0.723. The number of H-pyrrole nitrogens is 1. The summed E-state index contributed by atoms with van der Waals surface area (Å²) in [5.41, 5.74) is 1.51. The summed E-state index contributed by atoms with van der Waals surface area (Å²) >= 11 is 6.00. The summed E-state index contributed by atoms with van der Waals surface area (Å²) in [5, 5.41) is 1.61. The maximum absolute atomic E-state index is 12.7. The summed E-state index contributed by atoms with van der Waals surface area (Å²) in [4.78, 5) is 28.3. The molecule has 122 valence electrons. The Balaban J connectivity index is 1.47. The number of carbonyl (C=O) groups is 1. The average molecular weight is 342 g/mol. The van der Waals surface area contributed by atoms with Crippen molar-refractivity contribution in [3.8, 4) is 0 Å². The number of halogens is 1. The number of hydrogen-bond donors (Lipinski definition) is 1. The van der Waals surface area contributed by atoms with E-state index < -0.39 is 0 Å². The third-order valence-electron chi connectivity index (χ3n) is 4.22. The summed E-state index contributed by atoms with van der Waals surface area (Å²) in [7, 11) is 0. The first-order valence-electron chi connectivity index (χ1n) is 7.80. The topological polar surface area (TPSA) is 65.1 Å². The van der Waals surface area contributed by atoms with Crippen molar-refractivity contribution in [2.45, 2.75) is 0 Å². The zero-order chi connectivity index (χ0) is 16.5. The van der Waals surface area contributed by atoms with E-state index in [1.54, 1.807) is 18.5 Å². The molecule has 1 saturated heterocycles. The predicted molar refractivity (Wildman–Crippen MR) is 93.5 cm³/mol. The Morgan fingerprint density at radius 1 is 1.08 bits per heavy atom. The van der Waals surface area contributed by atoms with Crippen LogP contribution in [0.4, 0.5) is 5.95 Å². The van der Waals surface area contributed by atoms with Crippen LogP contribution >= 0.6 is 11.6 Å². The number of fused-ring (bicyclic) bond motifs is 1. The number of hydrogen-bond acceptors (Lipinski definition) is 4. The maximum atomic E-state index is 12.7. The van der Waals surface area contributed by atoms with Crippen molar-refractivity contribution in [1.82, 2.24) is 19.9 Å². The van der Waals surface area contributed by atoms with Gasteiger partial charge < -0.3 is 14.8 Å². The second kappa shape index (κ2) is 6.13. The fraction of sp³-hybridized carbons (Fsp3) is 0.235. The molecule has 3 aromatic rings. The van der Waals surface area contributed by atoms with Gasteiger partial charge in [0, 0.05) is 54.5 Å². The molecule has 0 aliphatic carbocycles. The van der Waals surface area contributed by atoms with Crippen LogP contribution in [0.5, 0.6) is 0 Å². The fourth-order valence-electron chi connectivity index (χ4n) is 2.95. The van der Waals surface area contributed by atoms with Gasteiger partial charge in [-0.2, -0.15) is 0 Å². The summed E-state index contributed by atoms with van der Waals surface area (Å²) in [6.45, 7) is 2.74. The number of anilines is 1. The van der Waals surface area contributed by atoms with Crippen LogP contribution < -0.4 is 4.90 Å². The van der Waals surface area contributed by atoms with E-state index in [2.05, 4.69) is 19.9 Å². The molecule has 0 radical (unpaired) electrons. The van der Waals surface area contributed by atoms with E-state index in [-0.39, 0.29) is 5.91 Å². The molecule has 0 saturated carbocycles. The standard InChI is InChI=1S/C17H16ClN5O/c18-13-2-3-14-12(10-13)11-15(21-14)16(24)22-6-8-23(9-7-22)17-19-4-1-5-20-17/h1-5,10-11,21H,6-9H2. The monoisotopic (exact) mass is 341 g/mol.